The highest BCUT2D eigenvalue weighted by atomic mass is 35.5. The number of sulfonamides is 1. The molecule has 1 aliphatic heterocycles. The van der Waals surface area contributed by atoms with E-state index in [2.05, 4.69) is 9.71 Å². The molecule has 0 bridgehead atoms. The summed E-state index contributed by atoms with van der Waals surface area (Å²) in [5.74, 6) is -1.46. The summed E-state index contributed by atoms with van der Waals surface area (Å²) in [6.45, 7) is 2.76. The number of anilines is 2. The van der Waals surface area contributed by atoms with Crippen molar-refractivity contribution in [1.29, 1.82) is 0 Å². The number of hydrogen-bond donors (Lipinski definition) is 2. The largest absolute Gasteiger partial charge is 0.495 e. The van der Waals surface area contributed by atoms with Crippen LogP contribution in [-0.2, 0) is 19.6 Å². The minimum Gasteiger partial charge on any atom is -0.495 e. The summed E-state index contributed by atoms with van der Waals surface area (Å²) in [6, 6.07) is 5.16. The van der Waals surface area contributed by atoms with Crippen LogP contribution in [-0.4, -0.2) is 57.3 Å². The number of carboxylic acid groups (broad SMARTS) is 1. The van der Waals surface area contributed by atoms with E-state index in [1.54, 1.807) is 11.8 Å². The first-order valence-corrected chi connectivity index (χ1v) is 12.0. The molecule has 178 valence electrons. The summed E-state index contributed by atoms with van der Waals surface area (Å²) in [4.78, 5) is 29.5. The molecule has 1 aromatic carbocycles. The number of rotatable bonds is 8. The number of aromatic carboxylic acids is 1. The van der Waals surface area contributed by atoms with Crippen LogP contribution in [0.4, 0.5) is 11.5 Å². The van der Waals surface area contributed by atoms with Crippen LogP contribution in [0.15, 0.2) is 35.4 Å². The van der Waals surface area contributed by atoms with Crippen molar-refractivity contribution in [2.75, 3.05) is 36.4 Å². The van der Waals surface area contributed by atoms with Crippen LogP contribution < -0.4 is 14.4 Å². The van der Waals surface area contributed by atoms with Crippen LogP contribution in [0.2, 0.25) is 5.02 Å². The van der Waals surface area contributed by atoms with E-state index in [0.717, 1.165) is 6.20 Å². The molecule has 1 fully saturated rings. The molecule has 1 saturated heterocycles. The first-order chi connectivity index (χ1) is 15.7. The Morgan fingerprint density at radius 2 is 2.09 bits per heavy atom. The number of piperidine rings is 1. The standard InChI is InChI=1S/C21H24ClN3O7S/c1-3-32-21(28)13-5-4-8-25(12-13)19-17(9-14(11-23-19)20(26)27)24-33(29,30)15-6-7-18(31-2)16(22)10-15/h6-7,9-11,13,24H,3-5,8,12H2,1-2H3,(H,26,27)/t13-/m1/s1. The quantitative estimate of drug-likeness (QED) is 0.527. The van der Waals surface area contributed by atoms with E-state index in [1.807, 2.05) is 0 Å². The molecule has 1 aliphatic rings. The van der Waals surface area contributed by atoms with Gasteiger partial charge in [-0.05, 0) is 44.0 Å². The van der Waals surface area contributed by atoms with Gasteiger partial charge in [0.15, 0.2) is 5.82 Å². The monoisotopic (exact) mass is 497 g/mol. The van der Waals surface area contributed by atoms with Gasteiger partial charge >= 0.3 is 11.9 Å². The van der Waals surface area contributed by atoms with Crippen molar-refractivity contribution >= 4 is 45.1 Å². The maximum atomic E-state index is 13.0. The highest BCUT2D eigenvalue weighted by Gasteiger charge is 2.30. The Morgan fingerprint density at radius 3 is 2.73 bits per heavy atom. The average Bonchev–Trinajstić information content (AvgIpc) is 2.79. The molecule has 0 aliphatic carbocycles. The van der Waals surface area contributed by atoms with Crippen molar-refractivity contribution in [3.05, 3.63) is 41.0 Å². The van der Waals surface area contributed by atoms with E-state index in [-0.39, 0.29) is 46.1 Å². The normalized spacial score (nSPS) is 16.2. The number of aromatic nitrogens is 1. The fourth-order valence-electron chi connectivity index (χ4n) is 3.54. The summed E-state index contributed by atoms with van der Waals surface area (Å²) in [5, 5.41) is 9.47. The molecular weight excluding hydrogens is 474 g/mol. The molecule has 12 heteroatoms. The second-order valence-electron chi connectivity index (χ2n) is 7.34. The second kappa shape index (κ2) is 10.3. The van der Waals surface area contributed by atoms with E-state index in [9.17, 15) is 23.1 Å². The third-order valence-electron chi connectivity index (χ3n) is 5.13. The van der Waals surface area contributed by atoms with Crippen molar-refractivity contribution in [3.8, 4) is 5.75 Å². The van der Waals surface area contributed by atoms with Crippen molar-refractivity contribution in [2.45, 2.75) is 24.7 Å². The van der Waals surface area contributed by atoms with E-state index in [4.69, 9.17) is 21.1 Å². The smallest absolute Gasteiger partial charge is 0.337 e. The van der Waals surface area contributed by atoms with Crippen LogP contribution in [0, 0.1) is 5.92 Å². The minimum absolute atomic E-state index is 0.0219. The van der Waals surface area contributed by atoms with Crippen LogP contribution in [0.25, 0.3) is 0 Å². The number of nitrogens with one attached hydrogen (secondary N) is 1. The number of halogens is 1. The van der Waals surface area contributed by atoms with Crippen LogP contribution >= 0.6 is 11.6 Å². The highest BCUT2D eigenvalue weighted by molar-refractivity contribution is 7.92. The molecule has 3 rings (SSSR count). The van der Waals surface area contributed by atoms with Crippen molar-refractivity contribution in [2.24, 2.45) is 5.92 Å². The zero-order valence-electron chi connectivity index (χ0n) is 18.1. The number of carboxylic acids is 1. The number of carbonyl (C=O) groups is 2. The summed E-state index contributed by atoms with van der Waals surface area (Å²) >= 11 is 6.07. The summed E-state index contributed by atoms with van der Waals surface area (Å²) in [6.07, 6.45) is 2.44. The lowest BCUT2D eigenvalue weighted by Gasteiger charge is -2.33. The maximum Gasteiger partial charge on any atom is 0.337 e. The van der Waals surface area contributed by atoms with Gasteiger partial charge in [0.05, 0.1) is 40.8 Å². The average molecular weight is 498 g/mol. The lowest BCUT2D eigenvalue weighted by Crippen LogP contribution is -2.40. The fraction of sp³-hybridized carbons (Fsp3) is 0.381. The SMILES string of the molecule is CCOC(=O)[C@@H]1CCCN(c2ncc(C(=O)O)cc2NS(=O)(=O)c2ccc(OC)c(Cl)c2)C1. The van der Waals surface area contributed by atoms with E-state index < -0.39 is 21.9 Å². The zero-order valence-corrected chi connectivity index (χ0v) is 19.6. The molecular formula is C21H24ClN3O7S. The Kier molecular flexibility index (Phi) is 7.65. The van der Waals surface area contributed by atoms with Gasteiger partial charge in [-0.25, -0.2) is 18.2 Å². The molecule has 0 spiro atoms. The third-order valence-corrected chi connectivity index (χ3v) is 6.79. The molecule has 0 radical (unpaired) electrons. The van der Waals surface area contributed by atoms with Gasteiger partial charge in [0.1, 0.15) is 5.75 Å². The van der Waals surface area contributed by atoms with Gasteiger partial charge in [-0.3, -0.25) is 9.52 Å². The molecule has 0 unspecified atom stereocenters. The second-order valence-corrected chi connectivity index (χ2v) is 9.43. The molecule has 1 aromatic heterocycles. The Bertz CT molecular complexity index is 1160. The third kappa shape index (κ3) is 5.66. The Balaban J connectivity index is 1.96. The van der Waals surface area contributed by atoms with E-state index in [1.165, 1.54) is 31.4 Å². The summed E-state index contributed by atoms with van der Waals surface area (Å²) in [5.41, 5.74) is -0.213. The predicted molar refractivity (Wildman–Crippen MR) is 122 cm³/mol. The number of ether oxygens (including phenoxy) is 2. The summed E-state index contributed by atoms with van der Waals surface area (Å²) < 4.78 is 38.7. The molecule has 2 aromatic rings. The molecule has 0 amide bonds. The Morgan fingerprint density at radius 1 is 1.33 bits per heavy atom. The van der Waals surface area contributed by atoms with E-state index in [0.29, 0.717) is 25.1 Å². The Hall–Kier alpha value is -3.05. The number of methoxy groups -OCH3 is 1. The number of esters is 1. The van der Waals surface area contributed by atoms with Gasteiger partial charge < -0.3 is 19.5 Å². The predicted octanol–water partition coefficient (Wildman–Crippen LogP) is 3.02. The highest BCUT2D eigenvalue weighted by Crippen LogP contribution is 2.32. The van der Waals surface area contributed by atoms with Crippen molar-refractivity contribution < 1.29 is 32.6 Å². The maximum absolute atomic E-state index is 13.0. The molecule has 0 saturated carbocycles. The number of hydrogen-bond acceptors (Lipinski definition) is 8. The molecule has 2 N–H and O–H groups in total. The number of carbonyl (C=O) groups excluding carboxylic acids is 1. The number of benzene rings is 1. The molecule has 10 nitrogen and oxygen atoms in total. The van der Waals surface area contributed by atoms with Crippen LogP contribution in [0.1, 0.15) is 30.1 Å². The lowest BCUT2D eigenvalue weighted by molar-refractivity contribution is -0.148. The van der Waals surface area contributed by atoms with Crippen molar-refractivity contribution in [1.82, 2.24) is 4.98 Å². The summed E-state index contributed by atoms with van der Waals surface area (Å²) in [7, 11) is -2.74. The lowest BCUT2D eigenvalue weighted by atomic mass is 9.98. The number of nitrogens with zero attached hydrogens (tertiary/aromatic N) is 2. The van der Waals surface area contributed by atoms with Gasteiger partial charge in [-0.1, -0.05) is 11.6 Å². The van der Waals surface area contributed by atoms with Gasteiger partial charge in [0.25, 0.3) is 10.0 Å². The first kappa shape index (κ1) is 24.6. The molecule has 2 heterocycles. The molecule has 33 heavy (non-hydrogen) atoms. The van der Waals surface area contributed by atoms with Crippen LogP contribution in [0.3, 0.4) is 0 Å². The number of pyridine rings is 1. The Labute approximate surface area is 196 Å². The first-order valence-electron chi connectivity index (χ1n) is 10.2. The van der Waals surface area contributed by atoms with Gasteiger partial charge in [-0.2, -0.15) is 0 Å². The van der Waals surface area contributed by atoms with Crippen LogP contribution in [0.5, 0.6) is 5.75 Å². The van der Waals surface area contributed by atoms with Gasteiger partial charge in [-0.15, -0.1) is 0 Å². The fourth-order valence-corrected chi connectivity index (χ4v) is 4.94. The topological polar surface area (TPSA) is 135 Å². The molecule has 1 atom stereocenters. The van der Waals surface area contributed by atoms with Gasteiger partial charge in [0, 0.05) is 19.3 Å². The zero-order chi connectivity index (χ0) is 24.2. The van der Waals surface area contributed by atoms with Crippen molar-refractivity contribution in [3.63, 3.8) is 0 Å². The van der Waals surface area contributed by atoms with Gasteiger partial charge in [0.2, 0.25) is 0 Å². The van der Waals surface area contributed by atoms with E-state index >= 15 is 0 Å². The minimum atomic E-state index is -4.14.